The van der Waals surface area contributed by atoms with Crippen LogP contribution >= 0.6 is 11.3 Å². The molecule has 19 heavy (non-hydrogen) atoms. The highest BCUT2D eigenvalue weighted by Crippen LogP contribution is 2.27. The van der Waals surface area contributed by atoms with Crippen LogP contribution in [0.4, 0.5) is 5.69 Å². The standard InChI is InChI=1S/C16H21NOS/c1-11(2)18-15-7-5-14(6-8-15)17-13(4)16-12(3)9-10-19-16/h5-11,13,17H,1-4H3. The Labute approximate surface area is 119 Å². The van der Waals surface area contributed by atoms with Crippen LogP contribution in [-0.2, 0) is 0 Å². The van der Waals surface area contributed by atoms with Gasteiger partial charge >= 0.3 is 0 Å². The first-order chi connectivity index (χ1) is 9.06. The molecule has 1 aromatic heterocycles. The quantitative estimate of drug-likeness (QED) is 0.827. The fraction of sp³-hybridized carbons (Fsp3) is 0.375. The van der Waals surface area contributed by atoms with E-state index in [0.717, 1.165) is 11.4 Å². The Kier molecular flexibility index (Phi) is 4.48. The summed E-state index contributed by atoms with van der Waals surface area (Å²) in [4.78, 5) is 1.39. The maximum Gasteiger partial charge on any atom is 0.119 e. The fourth-order valence-corrected chi connectivity index (χ4v) is 2.98. The minimum Gasteiger partial charge on any atom is -0.491 e. The van der Waals surface area contributed by atoms with Gasteiger partial charge in [0.15, 0.2) is 0 Å². The molecule has 3 heteroatoms. The van der Waals surface area contributed by atoms with Crippen LogP contribution in [0.25, 0.3) is 0 Å². The van der Waals surface area contributed by atoms with Crippen molar-refractivity contribution in [1.82, 2.24) is 0 Å². The molecule has 0 aliphatic carbocycles. The Bertz CT molecular complexity index is 516. The van der Waals surface area contributed by atoms with E-state index in [2.05, 4.69) is 42.7 Å². The normalized spacial score (nSPS) is 12.5. The molecular weight excluding hydrogens is 254 g/mol. The number of hydrogen-bond acceptors (Lipinski definition) is 3. The lowest BCUT2D eigenvalue weighted by atomic mass is 10.2. The van der Waals surface area contributed by atoms with Gasteiger partial charge in [0.05, 0.1) is 12.1 Å². The van der Waals surface area contributed by atoms with Gasteiger partial charge in [0.25, 0.3) is 0 Å². The Hall–Kier alpha value is -1.48. The monoisotopic (exact) mass is 275 g/mol. The average molecular weight is 275 g/mol. The van der Waals surface area contributed by atoms with E-state index in [1.165, 1.54) is 10.4 Å². The van der Waals surface area contributed by atoms with Crippen molar-refractivity contribution in [3.8, 4) is 5.75 Å². The maximum atomic E-state index is 5.64. The number of ether oxygens (including phenoxy) is 1. The van der Waals surface area contributed by atoms with Crippen LogP contribution in [0.1, 0.15) is 37.3 Å². The van der Waals surface area contributed by atoms with Crippen LogP contribution in [0, 0.1) is 6.92 Å². The van der Waals surface area contributed by atoms with Gasteiger partial charge in [-0.05, 0) is 69.0 Å². The summed E-state index contributed by atoms with van der Waals surface area (Å²) in [6.45, 7) is 8.42. The minimum absolute atomic E-state index is 0.214. The van der Waals surface area contributed by atoms with E-state index in [1.54, 1.807) is 11.3 Å². The molecule has 0 aliphatic rings. The highest BCUT2D eigenvalue weighted by Gasteiger charge is 2.09. The smallest absolute Gasteiger partial charge is 0.119 e. The number of rotatable bonds is 5. The summed E-state index contributed by atoms with van der Waals surface area (Å²) in [6, 6.07) is 10.6. The van der Waals surface area contributed by atoms with E-state index in [0.29, 0.717) is 6.04 Å². The molecule has 1 N–H and O–H groups in total. The second-order valence-electron chi connectivity index (χ2n) is 5.02. The molecule has 0 spiro atoms. The molecule has 1 unspecified atom stereocenters. The van der Waals surface area contributed by atoms with Crippen LogP contribution in [0.3, 0.4) is 0 Å². The van der Waals surface area contributed by atoms with E-state index in [-0.39, 0.29) is 6.10 Å². The van der Waals surface area contributed by atoms with E-state index in [1.807, 2.05) is 26.0 Å². The molecule has 2 rings (SSSR count). The highest BCUT2D eigenvalue weighted by molar-refractivity contribution is 7.10. The average Bonchev–Trinajstić information content (AvgIpc) is 2.77. The zero-order chi connectivity index (χ0) is 13.8. The maximum absolute atomic E-state index is 5.64. The molecule has 102 valence electrons. The first kappa shape index (κ1) is 13.9. The topological polar surface area (TPSA) is 21.3 Å². The lowest BCUT2D eigenvalue weighted by Gasteiger charge is -2.16. The van der Waals surface area contributed by atoms with Crippen molar-refractivity contribution < 1.29 is 4.74 Å². The van der Waals surface area contributed by atoms with E-state index < -0.39 is 0 Å². The van der Waals surface area contributed by atoms with Crippen molar-refractivity contribution in [3.05, 3.63) is 46.2 Å². The molecule has 0 amide bonds. The van der Waals surface area contributed by atoms with Gasteiger partial charge in [-0.1, -0.05) is 0 Å². The summed E-state index contributed by atoms with van der Waals surface area (Å²) in [7, 11) is 0. The molecule has 2 aromatic rings. The lowest BCUT2D eigenvalue weighted by molar-refractivity contribution is 0.242. The van der Waals surface area contributed by atoms with Gasteiger partial charge < -0.3 is 10.1 Å². The predicted molar refractivity (Wildman–Crippen MR) is 83.3 cm³/mol. The summed E-state index contributed by atoms with van der Waals surface area (Å²) in [6.07, 6.45) is 0.214. The van der Waals surface area contributed by atoms with Gasteiger partial charge in [-0.25, -0.2) is 0 Å². The fourth-order valence-electron chi connectivity index (χ4n) is 2.05. The molecule has 2 nitrogen and oxygen atoms in total. The third-order valence-corrected chi connectivity index (χ3v) is 4.11. The summed E-state index contributed by atoms with van der Waals surface area (Å²) in [5, 5.41) is 5.66. The second kappa shape index (κ2) is 6.11. The molecule has 1 atom stereocenters. The molecule has 1 heterocycles. The minimum atomic E-state index is 0.214. The largest absolute Gasteiger partial charge is 0.491 e. The van der Waals surface area contributed by atoms with Crippen molar-refractivity contribution in [2.75, 3.05) is 5.32 Å². The number of aryl methyl sites for hydroxylation is 1. The zero-order valence-electron chi connectivity index (χ0n) is 11.9. The van der Waals surface area contributed by atoms with Gasteiger partial charge in [-0.3, -0.25) is 0 Å². The van der Waals surface area contributed by atoms with Crippen LogP contribution in [-0.4, -0.2) is 6.10 Å². The van der Waals surface area contributed by atoms with Crippen molar-refractivity contribution in [3.63, 3.8) is 0 Å². The van der Waals surface area contributed by atoms with Gasteiger partial charge in [-0.2, -0.15) is 0 Å². The highest BCUT2D eigenvalue weighted by atomic mass is 32.1. The van der Waals surface area contributed by atoms with Gasteiger partial charge in [0, 0.05) is 10.6 Å². The van der Waals surface area contributed by atoms with Crippen molar-refractivity contribution in [2.24, 2.45) is 0 Å². The SMILES string of the molecule is Cc1ccsc1C(C)Nc1ccc(OC(C)C)cc1. The van der Waals surface area contributed by atoms with E-state index >= 15 is 0 Å². The van der Waals surface area contributed by atoms with Gasteiger partial charge in [0.1, 0.15) is 5.75 Å². The van der Waals surface area contributed by atoms with Crippen molar-refractivity contribution in [1.29, 1.82) is 0 Å². The lowest BCUT2D eigenvalue weighted by Crippen LogP contribution is -2.07. The van der Waals surface area contributed by atoms with Crippen molar-refractivity contribution >= 4 is 17.0 Å². The number of thiophene rings is 1. The van der Waals surface area contributed by atoms with Gasteiger partial charge in [0.2, 0.25) is 0 Å². The summed E-state index contributed by atoms with van der Waals surface area (Å²) in [5.74, 6) is 0.917. The Morgan fingerprint density at radius 2 is 1.74 bits per heavy atom. The predicted octanol–water partition coefficient (Wildman–Crippen LogP) is 5.02. The van der Waals surface area contributed by atoms with E-state index in [4.69, 9.17) is 4.74 Å². The first-order valence-electron chi connectivity index (χ1n) is 6.63. The molecule has 0 radical (unpaired) electrons. The van der Waals surface area contributed by atoms with Crippen LogP contribution in [0.2, 0.25) is 0 Å². The first-order valence-corrected chi connectivity index (χ1v) is 7.51. The number of anilines is 1. The number of hydrogen-bond donors (Lipinski definition) is 1. The molecule has 0 bridgehead atoms. The third-order valence-electron chi connectivity index (χ3n) is 2.90. The molecule has 0 fully saturated rings. The zero-order valence-corrected chi connectivity index (χ0v) is 12.8. The Morgan fingerprint density at radius 3 is 2.26 bits per heavy atom. The Morgan fingerprint density at radius 1 is 1.05 bits per heavy atom. The second-order valence-corrected chi connectivity index (χ2v) is 5.97. The molecule has 0 aliphatic heterocycles. The number of nitrogens with one attached hydrogen (secondary N) is 1. The Balaban J connectivity index is 2.01. The molecular formula is C16H21NOS. The van der Waals surface area contributed by atoms with Crippen LogP contribution in [0.15, 0.2) is 35.7 Å². The summed E-state index contributed by atoms with van der Waals surface area (Å²) in [5.41, 5.74) is 2.47. The third kappa shape index (κ3) is 3.74. The molecule has 0 saturated carbocycles. The van der Waals surface area contributed by atoms with Crippen LogP contribution in [0.5, 0.6) is 5.75 Å². The number of benzene rings is 1. The summed E-state index contributed by atoms with van der Waals surface area (Å²) < 4.78 is 5.64. The summed E-state index contributed by atoms with van der Waals surface area (Å²) >= 11 is 1.80. The van der Waals surface area contributed by atoms with Crippen LogP contribution < -0.4 is 10.1 Å². The molecule has 1 aromatic carbocycles. The van der Waals surface area contributed by atoms with Crippen molar-refractivity contribution in [2.45, 2.75) is 39.8 Å². The molecule has 0 saturated heterocycles. The van der Waals surface area contributed by atoms with E-state index in [9.17, 15) is 0 Å². The van der Waals surface area contributed by atoms with Gasteiger partial charge in [-0.15, -0.1) is 11.3 Å².